The van der Waals surface area contributed by atoms with Crippen LogP contribution < -0.4 is 5.73 Å². The molecule has 0 saturated carbocycles. The van der Waals surface area contributed by atoms with E-state index < -0.39 is 5.60 Å². The molecule has 0 bridgehead atoms. The molecule has 1 aliphatic heterocycles. The highest BCUT2D eigenvalue weighted by molar-refractivity contribution is 5.68. The highest BCUT2D eigenvalue weighted by atomic mass is 16.6. The third kappa shape index (κ3) is 4.41. The minimum atomic E-state index is -0.533. The van der Waals surface area contributed by atoms with E-state index in [4.69, 9.17) is 15.2 Å². The molecule has 1 fully saturated rings. The monoisotopic (exact) mass is 311 g/mol. The molecule has 2 rings (SSSR count). The van der Waals surface area contributed by atoms with Gasteiger partial charge in [-0.3, -0.25) is 9.58 Å². The second-order valence-corrected chi connectivity index (χ2v) is 6.57. The van der Waals surface area contributed by atoms with Crippen molar-refractivity contribution in [2.45, 2.75) is 44.9 Å². The molecule has 8 nitrogen and oxygen atoms in total. The first-order chi connectivity index (χ1) is 10.3. The average molecular weight is 311 g/mol. The summed E-state index contributed by atoms with van der Waals surface area (Å²) in [6.45, 7) is 6.92. The number of aryl methyl sites for hydroxylation is 1. The van der Waals surface area contributed by atoms with Crippen LogP contribution >= 0.6 is 0 Å². The van der Waals surface area contributed by atoms with Crippen LogP contribution in [0.5, 0.6) is 0 Å². The normalized spacial score (nSPS) is 20.8. The molecule has 0 spiro atoms. The number of nitrogens with two attached hydrogens (primary N) is 1. The Kier molecular flexibility index (Phi) is 5.02. The molecule has 2 N–H and O–H groups in total. The molecule has 2 heterocycles. The van der Waals surface area contributed by atoms with Gasteiger partial charge >= 0.3 is 6.09 Å². The predicted molar refractivity (Wildman–Crippen MR) is 80.2 cm³/mol. The zero-order valence-corrected chi connectivity index (χ0v) is 13.7. The number of hydrogen-bond donors (Lipinski definition) is 1. The second kappa shape index (κ2) is 6.62. The van der Waals surface area contributed by atoms with Crippen molar-refractivity contribution in [1.29, 1.82) is 0 Å². The maximum absolute atomic E-state index is 12.3. The molecule has 1 aromatic rings. The summed E-state index contributed by atoms with van der Waals surface area (Å²) in [5, 5.41) is 7.93. The number of morpholine rings is 1. The summed E-state index contributed by atoms with van der Waals surface area (Å²) >= 11 is 0. The van der Waals surface area contributed by atoms with Gasteiger partial charge in [-0.15, -0.1) is 5.10 Å². The van der Waals surface area contributed by atoms with E-state index in [0.717, 1.165) is 5.69 Å². The number of aromatic nitrogens is 3. The van der Waals surface area contributed by atoms with Crippen LogP contribution in [0.2, 0.25) is 0 Å². The fourth-order valence-electron chi connectivity index (χ4n) is 2.39. The van der Waals surface area contributed by atoms with Gasteiger partial charge in [0.1, 0.15) is 5.60 Å². The molecule has 0 aliphatic carbocycles. The van der Waals surface area contributed by atoms with Gasteiger partial charge in [-0.2, -0.15) is 0 Å². The second-order valence-electron chi connectivity index (χ2n) is 6.57. The summed E-state index contributed by atoms with van der Waals surface area (Å²) in [7, 11) is 1.80. The number of carbonyl (C=O) groups excluding carboxylic acids is 1. The topological polar surface area (TPSA) is 95.5 Å². The molecule has 1 saturated heterocycles. The van der Waals surface area contributed by atoms with Crippen LogP contribution in [0.25, 0.3) is 0 Å². The van der Waals surface area contributed by atoms with Crippen LogP contribution in [-0.4, -0.2) is 63.4 Å². The van der Waals surface area contributed by atoms with Crippen LogP contribution in [-0.2, 0) is 22.9 Å². The lowest BCUT2D eigenvalue weighted by atomic mass is 10.0. The lowest BCUT2D eigenvalue weighted by molar-refractivity contribution is -0.0379. The summed E-state index contributed by atoms with van der Waals surface area (Å²) in [4.78, 5) is 14.0. The average Bonchev–Trinajstić information content (AvgIpc) is 2.82. The summed E-state index contributed by atoms with van der Waals surface area (Å²) in [6.07, 6.45) is 2.00. The Morgan fingerprint density at radius 3 is 2.91 bits per heavy atom. The summed E-state index contributed by atoms with van der Waals surface area (Å²) in [5.41, 5.74) is 6.54. The SMILES string of the molecule is Cn1cc(CC(N)C2COCCN2C(=O)OC(C)(C)C)nn1. The van der Waals surface area contributed by atoms with Gasteiger partial charge in [-0.25, -0.2) is 4.79 Å². The van der Waals surface area contributed by atoms with Gasteiger partial charge in [0.2, 0.25) is 0 Å². The lowest BCUT2D eigenvalue weighted by Crippen LogP contribution is -2.58. The van der Waals surface area contributed by atoms with E-state index in [9.17, 15) is 4.79 Å². The van der Waals surface area contributed by atoms with Gasteiger partial charge < -0.3 is 15.2 Å². The summed E-state index contributed by atoms with van der Waals surface area (Å²) in [6, 6.07) is -0.518. The number of hydrogen-bond acceptors (Lipinski definition) is 6. The maximum Gasteiger partial charge on any atom is 0.410 e. The molecule has 0 aromatic carbocycles. The standard InChI is InChI=1S/C14H25N5O3/c1-14(2,3)22-13(20)19-5-6-21-9-12(19)11(15)7-10-8-18(4)17-16-10/h8,11-12H,5-7,9,15H2,1-4H3. The molecule has 124 valence electrons. The van der Waals surface area contributed by atoms with Gasteiger partial charge in [0, 0.05) is 32.3 Å². The van der Waals surface area contributed by atoms with Crippen LogP contribution in [0.1, 0.15) is 26.5 Å². The lowest BCUT2D eigenvalue weighted by Gasteiger charge is -2.39. The molecule has 2 atom stereocenters. The fourth-order valence-corrected chi connectivity index (χ4v) is 2.39. The Bertz CT molecular complexity index is 511. The highest BCUT2D eigenvalue weighted by Crippen LogP contribution is 2.17. The van der Waals surface area contributed by atoms with E-state index in [0.29, 0.717) is 26.2 Å². The Morgan fingerprint density at radius 1 is 1.59 bits per heavy atom. The zero-order valence-electron chi connectivity index (χ0n) is 13.7. The van der Waals surface area contributed by atoms with Crippen LogP contribution in [0, 0.1) is 0 Å². The van der Waals surface area contributed by atoms with Gasteiger partial charge in [0.25, 0.3) is 0 Å². The first kappa shape index (κ1) is 16.7. The Labute approximate surface area is 130 Å². The number of rotatable bonds is 3. The van der Waals surface area contributed by atoms with E-state index in [1.807, 2.05) is 27.0 Å². The van der Waals surface area contributed by atoms with Gasteiger partial charge in [-0.05, 0) is 20.8 Å². The van der Waals surface area contributed by atoms with Crippen molar-refractivity contribution >= 4 is 6.09 Å². The third-order valence-electron chi connectivity index (χ3n) is 3.38. The van der Waals surface area contributed by atoms with Crippen LogP contribution in [0.15, 0.2) is 6.20 Å². The van der Waals surface area contributed by atoms with Crippen molar-refractivity contribution in [2.75, 3.05) is 19.8 Å². The Morgan fingerprint density at radius 2 is 2.32 bits per heavy atom. The summed E-state index contributed by atoms with van der Waals surface area (Å²) < 4.78 is 12.6. The van der Waals surface area contributed by atoms with E-state index in [2.05, 4.69) is 10.3 Å². The quantitative estimate of drug-likeness (QED) is 0.864. The fraction of sp³-hybridized carbons (Fsp3) is 0.786. The number of ether oxygens (including phenoxy) is 2. The molecular formula is C14H25N5O3. The van der Waals surface area contributed by atoms with Crippen molar-refractivity contribution < 1.29 is 14.3 Å². The molecule has 1 amide bonds. The van der Waals surface area contributed by atoms with Crippen LogP contribution in [0.4, 0.5) is 4.79 Å². The number of carbonyl (C=O) groups is 1. The molecule has 1 aliphatic rings. The van der Waals surface area contributed by atoms with E-state index in [-0.39, 0.29) is 18.2 Å². The highest BCUT2D eigenvalue weighted by Gasteiger charge is 2.34. The number of nitrogens with zero attached hydrogens (tertiary/aromatic N) is 4. The Balaban J connectivity index is 2.03. The van der Waals surface area contributed by atoms with Gasteiger partial charge in [-0.1, -0.05) is 5.21 Å². The minimum Gasteiger partial charge on any atom is -0.444 e. The molecule has 8 heteroatoms. The molecular weight excluding hydrogens is 286 g/mol. The molecule has 2 unspecified atom stereocenters. The first-order valence-electron chi connectivity index (χ1n) is 7.44. The third-order valence-corrected chi connectivity index (χ3v) is 3.38. The van der Waals surface area contributed by atoms with Crippen molar-refractivity contribution in [1.82, 2.24) is 19.9 Å². The van der Waals surface area contributed by atoms with E-state index >= 15 is 0 Å². The smallest absolute Gasteiger partial charge is 0.410 e. The zero-order chi connectivity index (χ0) is 16.3. The summed E-state index contributed by atoms with van der Waals surface area (Å²) in [5.74, 6) is 0. The van der Waals surface area contributed by atoms with Crippen molar-refractivity contribution in [2.24, 2.45) is 12.8 Å². The van der Waals surface area contributed by atoms with Gasteiger partial charge in [0.05, 0.1) is 24.9 Å². The van der Waals surface area contributed by atoms with Crippen molar-refractivity contribution in [3.05, 3.63) is 11.9 Å². The molecule has 22 heavy (non-hydrogen) atoms. The van der Waals surface area contributed by atoms with E-state index in [1.165, 1.54) is 0 Å². The number of amides is 1. The Hall–Kier alpha value is -1.67. The van der Waals surface area contributed by atoms with Crippen molar-refractivity contribution in [3.8, 4) is 0 Å². The van der Waals surface area contributed by atoms with E-state index in [1.54, 1.807) is 16.6 Å². The maximum atomic E-state index is 12.3. The molecule has 1 aromatic heterocycles. The molecule has 0 radical (unpaired) electrons. The first-order valence-corrected chi connectivity index (χ1v) is 7.44. The predicted octanol–water partition coefficient (Wildman–Crippen LogP) is 0.321. The minimum absolute atomic E-state index is 0.231. The largest absolute Gasteiger partial charge is 0.444 e. The van der Waals surface area contributed by atoms with Gasteiger partial charge in [0.15, 0.2) is 0 Å². The van der Waals surface area contributed by atoms with Crippen LogP contribution in [0.3, 0.4) is 0 Å². The van der Waals surface area contributed by atoms with Crippen molar-refractivity contribution in [3.63, 3.8) is 0 Å².